The maximum atomic E-state index is 11.8. The molecule has 0 atom stereocenters. The van der Waals surface area contributed by atoms with E-state index >= 15 is 0 Å². The highest BCUT2D eigenvalue weighted by Crippen LogP contribution is 2.20. The number of nitrogens with zero attached hydrogens (tertiary/aromatic N) is 1. The highest BCUT2D eigenvalue weighted by atomic mass is 16.6. The third kappa shape index (κ3) is 3.56. The van der Waals surface area contributed by atoms with Crippen molar-refractivity contribution in [1.82, 2.24) is 0 Å². The van der Waals surface area contributed by atoms with Crippen molar-refractivity contribution in [2.45, 2.75) is 13.5 Å². The molecule has 2 aromatic rings. The minimum atomic E-state index is -0.647. The van der Waals surface area contributed by atoms with Crippen LogP contribution < -0.4 is 0 Å². The van der Waals surface area contributed by atoms with Gasteiger partial charge in [0.15, 0.2) is 0 Å². The molecule has 2 rings (SSSR count). The van der Waals surface area contributed by atoms with Gasteiger partial charge >= 0.3 is 5.97 Å². The predicted molar refractivity (Wildman–Crippen MR) is 75.1 cm³/mol. The molecule has 1 N–H and O–H groups in total. The van der Waals surface area contributed by atoms with E-state index in [1.165, 1.54) is 36.4 Å². The van der Waals surface area contributed by atoms with Crippen LogP contribution in [0, 0.1) is 17.0 Å². The third-order valence-electron chi connectivity index (χ3n) is 2.89. The molecular formula is C15H13NO5. The first-order valence-electron chi connectivity index (χ1n) is 6.17. The minimum absolute atomic E-state index is 0.0237. The topological polar surface area (TPSA) is 89.7 Å². The van der Waals surface area contributed by atoms with Crippen molar-refractivity contribution in [2.24, 2.45) is 0 Å². The average Bonchev–Trinajstić information content (AvgIpc) is 2.45. The summed E-state index contributed by atoms with van der Waals surface area (Å²) in [6.45, 7) is 1.77. The fourth-order valence-electron chi connectivity index (χ4n) is 1.75. The molecule has 0 amide bonds. The van der Waals surface area contributed by atoms with Gasteiger partial charge in [-0.25, -0.2) is 4.79 Å². The molecule has 0 spiro atoms. The molecule has 0 unspecified atom stereocenters. The van der Waals surface area contributed by atoms with Crippen LogP contribution in [-0.2, 0) is 11.3 Å². The Labute approximate surface area is 120 Å². The van der Waals surface area contributed by atoms with Gasteiger partial charge in [-0.15, -0.1) is 0 Å². The zero-order chi connectivity index (χ0) is 15.4. The standard InChI is InChI=1S/C15H13NO5/c1-10-2-7-13(14(17)8-10)15(18)21-9-11-3-5-12(6-4-11)16(19)20/h2-8,17H,9H2,1H3. The number of aromatic hydroxyl groups is 1. The van der Waals surface area contributed by atoms with Gasteiger partial charge in [0.2, 0.25) is 0 Å². The second-order valence-electron chi connectivity index (χ2n) is 4.52. The Kier molecular flexibility index (Phi) is 4.18. The summed E-state index contributed by atoms with van der Waals surface area (Å²) in [5, 5.41) is 20.2. The largest absolute Gasteiger partial charge is 0.507 e. The zero-order valence-corrected chi connectivity index (χ0v) is 11.3. The number of benzene rings is 2. The zero-order valence-electron chi connectivity index (χ0n) is 11.3. The van der Waals surface area contributed by atoms with E-state index in [0.717, 1.165) is 5.56 Å². The van der Waals surface area contributed by atoms with Crippen LogP contribution in [0.4, 0.5) is 5.69 Å². The molecule has 6 heteroatoms. The highest BCUT2D eigenvalue weighted by Gasteiger charge is 2.13. The van der Waals surface area contributed by atoms with E-state index in [9.17, 15) is 20.0 Å². The number of hydrogen-bond acceptors (Lipinski definition) is 5. The van der Waals surface area contributed by atoms with Crippen molar-refractivity contribution >= 4 is 11.7 Å². The maximum Gasteiger partial charge on any atom is 0.342 e. The number of aryl methyl sites for hydroxylation is 1. The van der Waals surface area contributed by atoms with Crippen LogP contribution in [0.1, 0.15) is 21.5 Å². The molecule has 21 heavy (non-hydrogen) atoms. The van der Waals surface area contributed by atoms with Gasteiger partial charge in [0, 0.05) is 12.1 Å². The Hall–Kier alpha value is -2.89. The second-order valence-corrected chi connectivity index (χ2v) is 4.52. The van der Waals surface area contributed by atoms with Gasteiger partial charge in [-0.3, -0.25) is 10.1 Å². The van der Waals surface area contributed by atoms with Crippen LogP contribution in [0.25, 0.3) is 0 Å². The lowest BCUT2D eigenvalue weighted by Crippen LogP contribution is -2.05. The van der Waals surface area contributed by atoms with Crippen LogP contribution in [0.5, 0.6) is 5.75 Å². The fourth-order valence-corrected chi connectivity index (χ4v) is 1.75. The number of nitro benzene ring substituents is 1. The minimum Gasteiger partial charge on any atom is -0.507 e. The molecule has 0 saturated heterocycles. The Morgan fingerprint density at radius 2 is 1.90 bits per heavy atom. The van der Waals surface area contributed by atoms with Crippen molar-refractivity contribution < 1.29 is 19.6 Å². The number of rotatable bonds is 4. The first-order valence-corrected chi connectivity index (χ1v) is 6.17. The van der Waals surface area contributed by atoms with Crippen molar-refractivity contribution in [3.05, 3.63) is 69.3 Å². The molecule has 0 heterocycles. The van der Waals surface area contributed by atoms with Crippen LogP contribution >= 0.6 is 0 Å². The molecule has 0 bridgehead atoms. The number of esters is 1. The van der Waals surface area contributed by atoms with Crippen LogP contribution in [0.3, 0.4) is 0 Å². The summed E-state index contributed by atoms with van der Waals surface area (Å²) in [6, 6.07) is 10.4. The summed E-state index contributed by atoms with van der Waals surface area (Å²) < 4.78 is 5.07. The predicted octanol–water partition coefficient (Wildman–Crippen LogP) is 2.97. The van der Waals surface area contributed by atoms with Gasteiger partial charge in [-0.05, 0) is 42.3 Å². The molecule has 2 aromatic carbocycles. The van der Waals surface area contributed by atoms with Crippen LogP contribution in [-0.4, -0.2) is 16.0 Å². The van der Waals surface area contributed by atoms with Crippen molar-refractivity contribution in [1.29, 1.82) is 0 Å². The Morgan fingerprint density at radius 3 is 2.48 bits per heavy atom. The summed E-state index contributed by atoms with van der Waals surface area (Å²) in [4.78, 5) is 21.9. The Bertz CT molecular complexity index is 679. The summed E-state index contributed by atoms with van der Waals surface area (Å²) in [7, 11) is 0. The first-order chi connectivity index (χ1) is 9.97. The highest BCUT2D eigenvalue weighted by molar-refractivity contribution is 5.92. The second kappa shape index (κ2) is 6.04. The molecule has 6 nitrogen and oxygen atoms in total. The lowest BCUT2D eigenvalue weighted by Gasteiger charge is -2.07. The average molecular weight is 287 g/mol. The number of nitro groups is 1. The number of non-ortho nitro benzene ring substituents is 1. The summed E-state index contributed by atoms with van der Waals surface area (Å²) in [6.07, 6.45) is 0. The number of ether oxygens (including phenoxy) is 1. The van der Waals surface area contributed by atoms with Crippen LogP contribution in [0.2, 0.25) is 0 Å². The van der Waals surface area contributed by atoms with Gasteiger partial charge in [0.25, 0.3) is 5.69 Å². The third-order valence-corrected chi connectivity index (χ3v) is 2.89. The van der Waals surface area contributed by atoms with Gasteiger partial charge < -0.3 is 9.84 Å². The van der Waals surface area contributed by atoms with Gasteiger partial charge in [0.1, 0.15) is 17.9 Å². The van der Waals surface area contributed by atoms with Crippen molar-refractivity contribution in [3.63, 3.8) is 0 Å². The Morgan fingerprint density at radius 1 is 1.24 bits per heavy atom. The van der Waals surface area contributed by atoms with E-state index in [0.29, 0.717) is 5.56 Å². The summed E-state index contributed by atoms with van der Waals surface area (Å²) in [5.41, 5.74) is 1.52. The summed E-state index contributed by atoms with van der Waals surface area (Å²) in [5.74, 6) is -0.783. The summed E-state index contributed by atoms with van der Waals surface area (Å²) >= 11 is 0. The maximum absolute atomic E-state index is 11.8. The first kappa shape index (κ1) is 14.5. The number of carbonyl (C=O) groups excluding carboxylic acids is 1. The van der Waals surface area contributed by atoms with E-state index < -0.39 is 10.9 Å². The van der Waals surface area contributed by atoms with Crippen LogP contribution in [0.15, 0.2) is 42.5 Å². The lowest BCUT2D eigenvalue weighted by atomic mass is 10.1. The van der Waals surface area contributed by atoms with E-state index in [2.05, 4.69) is 0 Å². The molecule has 0 aliphatic carbocycles. The molecule has 0 aromatic heterocycles. The molecular weight excluding hydrogens is 274 g/mol. The molecule has 0 aliphatic heterocycles. The monoisotopic (exact) mass is 287 g/mol. The van der Waals surface area contributed by atoms with E-state index in [1.807, 2.05) is 0 Å². The molecule has 0 fully saturated rings. The molecule has 108 valence electrons. The molecule has 0 saturated carbocycles. The van der Waals surface area contributed by atoms with Crippen molar-refractivity contribution in [2.75, 3.05) is 0 Å². The number of phenols is 1. The number of carbonyl (C=O) groups is 1. The van der Waals surface area contributed by atoms with E-state index in [1.54, 1.807) is 13.0 Å². The van der Waals surface area contributed by atoms with Crippen molar-refractivity contribution in [3.8, 4) is 5.75 Å². The quantitative estimate of drug-likeness (QED) is 0.530. The number of hydrogen-bond donors (Lipinski definition) is 1. The number of phenolic OH excluding ortho intramolecular Hbond substituents is 1. The Balaban J connectivity index is 2.02. The fraction of sp³-hybridized carbons (Fsp3) is 0.133. The SMILES string of the molecule is Cc1ccc(C(=O)OCc2ccc([N+](=O)[O-])cc2)c(O)c1. The van der Waals surface area contributed by atoms with E-state index in [4.69, 9.17) is 4.74 Å². The van der Waals surface area contributed by atoms with Gasteiger partial charge in [0.05, 0.1) is 4.92 Å². The van der Waals surface area contributed by atoms with Gasteiger partial charge in [-0.2, -0.15) is 0 Å². The lowest BCUT2D eigenvalue weighted by molar-refractivity contribution is -0.384. The van der Waals surface area contributed by atoms with Gasteiger partial charge in [-0.1, -0.05) is 6.07 Å². The smallest absolute Gasteiger partial charge is 0.342 e. The van der Waals surface area contributed by atoms with E-state index in [-0.39, 0.29) is 23.6 Å². The normalized spacial score (nSPS) is 10.1. The molecule has 0 aliphatic rings. The molecule has 0 radical (unpaired) electrons.